The Morgan fingerprint density at radius 1 is 0.548 bits per heavy atom. The summed E-state index contributed by atoms with van der Waals surface area (Å²) in [6.07, 6.45) is 1.88. The number of hydrogen-bond acceptors (Lipinski definition) is 10. The molecule has 73 heavy (non-hydrogen) atoms. The Hall–Kier alpha value is -5.24. The molecule has 8 rings (SSSR count). The topological polar surface area (TPSA) is 170 Å². The van der Waals surface area contributed by atoms with Gasteiger partial charge in [-0.3, -0.25) is 19.2 Å². The van der Waals surface area contributed by atoms with Crippen molar-refractivity contribution in [3.05, 3.63) is 173 Å². The quantitative estimate of drug-likeness (QED) is 0.102. The smallest absolute Gasteiger partial charge is 0.252 e. The summed E-state index contributed by atoms with van der Waals surface area (Å²) < 4.78 is 56.5. The molecule has 2 aliphatic rings. The lowest BCUT2D eigenvalue weighted by atomic mass is 9.82. The molecule has 0 unspecified atom stereocenters. The lowest BCUT2D eigenvalue weighted by molar-refractivity contribution is -0.130. The van der Waals surface area contributed by atoms with E-state index >= 15 is 0 Å². The molecule has 2 aromatic heterocycles. The van der Waals surface area contributed by atoms with E-state index in [-0.39, 0.29) is 57.5 Å². The van der Waals surface area contributed by atoms with E-state index in [0.717, 1.165) is 65.8 Å². The third kappa shape index (κ3) is 13.5. The number of sulfonamides is 2. The van der Waals surface area contributed by atoms with Gasteiger partial charge in [0.15, 0.2) is 5.78 Å². The van der Waals surface area contributed by atoms with Gasteiger partial charge in [-0.05, 0) is 160 Å². The molecule has 6 aromatic rings. The molecule has 2 saturated heterocycles. The molecular formula is C54H59Cl2N5O8S4. The van der Waals surface area contributed by atoms with Crippen LogP contribution in [0.4, 0.5) is 0 Å². The molecule has 0 spiro atoms. The van der Waals surface area contributed by atoms with E-state index in [1.165, 1.54) is 14.2 Å². The zero-order valence-electron chi connectivity index (χ0n) is 41.4. The highest BCUT2D eigenvalue weighted by Crippen LogP contribution is 2.34. The molecule has 3 amide bonds. The van der Waals surface area contributed by atoms with Gasteiger partial charge in [0.1, 0.15) is 8.42 Å². The van der Waals surface area contributed by atoms with Crippen LogP contribution in [-0.2, 0) is 44.4 Å². The van der Waals surface area contributed by atoms with Crippen LogP contribution >= 0.6 is 45.9 Å². The third-order valence-corrected chi connectivity index (χ3v) is 21.0. The number of Topliss-reactive ketones (excluding diaryl/α,β-unsaturated/α-hetero) is 1. The SMILES string of the molecule is Cc1c(C)c(C)c(C(=O)C2CCN(S(=O)(=O)c3ccc(CNC(=O)c4ccc(Cl)cc4)s3)CC2)c(C)c1C.O=C(NCc1ccc(S(=O)(=O)N2CCCN(C(=O)Cc3ccccc3)CC2)s1)c1ccc(Cl)cc1. The minimum Gasteiger partial charge on any atom is -0.347 e. The first-order valence-corrected chi connectivity index (χ1v) is 29.2. The normalized spacial score (nSPS) is 15.0. The van der Waals surface area contributed by atoms with Crippen molar-refractivity contribution < 1.29 is 36.0 Å². The van der Waals surface area contributed by atoms with E-state index in [1.54, 1.807) is 77.7 Å². The van der Waals surface area contributed by atoms with E-state index in [4.69, 9.17) is 23.2 Å². The van der Waals surface area contributed by atoms with Gasteiger partial charge in [0.25, 0.3) is 31.9 Å². The number of halogens is 2. The molecular weight excluding hydrogens is 1050 g/mol. The predicted molar refractivity (Wildman–Crippen MR) is 290 cm³/mol. The van der Waals surface area contributed by atoms with Crippen LogP contribution in [0.2, 0.25) is 10.0 Å². The van der Waals surface area contributed by atoms with Crippen molar-refractivity contribution in [3.8, 4) is 0 Å². The minimum absolute atomic E-state index is 0.00490. The van der Waals surface area contributed by atoms with Crippen LogP contribution in [0.5, 0.6) is 0 Å². The molecule has 13 nitrogen and oxygen atoms in total. The molecule has 19 heteroatoms. The van der Waals surface area contributed by atoms with Crippen molar-refractivity contribution in [3.63, 3.8) is 0 Å². The summed E-state index contributed by atoms with van der Waals surface area (Å²) in [5.41, 5.74) is 8.28. The Bertz CT molecular complexity index is 3160. The van der Waals surface area contributed by atoms with Gasteiger partial charge in [0.2, 0.25) is 5.91 Å². The Morgan fingerprint density at radius 3 is 1.48 bits per heavy atom. The van der Waals surface area contributed by atoms with E-state index < -0.39 is 20.0 Å². The highest BCUT2D eigenvalue weighted by atomic mass is 35.5. The first-order valence-electron chi connectivity index (χ1n) is 23.9. The molecule has 2 fully saturated rings. The summed E-state index contributed by atoms with van der Waals surface area (Å²) in [7, 11) is -7.35. The number of nitrogens with zero attached hydrogens (tertiary/aromatic N) is 3. The van der Waals surface area contributed by atoms with E-state index in [1.807, 2.05) is 44.2 Å². The standard InChI is InChI=1S/C29H33ClN2O4S2.C25H26ClN3O4S2/c1-17-18(2)20(4)27(21(5)19(17)3)28(33)22-12-14-32(15-13-22)38(35,36)26-11-10-25(37-26)16-31-29(34)23-6-8-24(30)9-7-23;26-21-9-7-20(8-10-21)25(31)27-18-22-11-12-24(34-22)35(32,33)29-14-4-13-28(15-16-29)23(30)17-19-5-2-1-3-6-19/h6-11,22H,12-16H2,1-5H3,(H,31,34);1-3,5-12H,4,13-18H2,(H,27,31). The van der Waals surface area contributed by atoms with Crippen LogP contribution in [-0.4, -0.2) is 93.1 Å². The number of carbonyl (C=O) groups excluding carboxylic acids is 4. The van der Waals surface area contributed by atoms with Crippen molar-refractivity contribution in [1.82, 2.24) is 24.1 Å². The number of nitrogens with one attached hydrogen (secondary N) is 2. The first-order chi connectivity index (χ1) is 34.7. The molecule has 2 aliphatic heterocycles. The second kappa shape index (κ2) is 24.4. The molecule has 0 atom stereocenters. The fourth-order valence-electron chi connectivity index (χ4n) is 8.88. The highest BCUT2D eigenvalue weighted by molar-refractivity contribution is 7.91. The Labute approximate surface area is 446 Å². The lowest BCUT2D eigenvalue weighted by Crippen LogP contribution is -2.40. The maximum Gasteiger partial charge on any atom is 0.252 e. The lowest BCUT2D eigenvalue weighted by Gasteiger charge is -2.31. The number of thiophene rings is 2. The third-order valence-electron chi connectivity index (χ3n) is 13.6. The van der Waals surface area contributed by atoms with Gasteiger partial charge in [-0.1, -0.05) is 53.5 Å². The Morgan fingerprint density at radius 2 is 1.00 bits per heavy atom. The molecule has 0 bridgehead atoms. The first kappa shape index (κ1) is 55.5. The summed E-state index contributed by atoms with van der Waals surface area (Å²) >= 11 is 14.0. The zero-order valence-corrected chi connectivity index (χ0v) is 46.2. The van der Waals surface area contributed by atoms with Gasteiger partial charge in [-0.15, -0.1) is 22.7 Å². The van der Waals surface area contributed by atoms with Crippen molar-refractivity contribution >= 4 is 89.4 Å². The summed E-state index contributed by atoms with van der Waals surface area (Å²) in [5, 5.41) is 6.72. The molecule has 4 aromatic carbocycles. The molecule has 2 N–H and O–H groups in total. The van der Waals surface area contributed by atoms with Gasteiger partial charge in [0, 0.05) is 81.7 Å². The van der Waals surface area contributed by atoms with Crippen molar-refractivity contribution in [2.75, 3.05) is 39.3 Å². The summed E-state index contributed by atoms with van der Waals surface area (Å²) in [4.78, 5) is 54.1. The molecule has 0 aliphatic carbocycles. The molecule has 386 valence electrons. The Kier molecular flexibility index (Phi) is 18.6. The second-order valence-corrected chi connectivity index (χ2v) is 25.7. The number of carbonyl (C=O) groups is 4. The summed E-state index contributed by atoms with van der Waals surface area (Å²) in [5.74, 6) is -0.575. The monoisotopic (exact) mass is 1100 g/mol. The van der Waals surface area contributed by atoms with Crippen LogP contribution in [0.1, 0.15) is 93.5 Å². The number of ketones is 1. The molecule has 0 radical (unpaired) electrons. The van der Waals surface area contributed by atoms with Crippen molar-refractivity contribution in [2.24, 2.45) is 5.92 Å². The van der Waals surface area contributed by atoms with Crippen molar-refractivity contribution in [1.29, 1.82) is 0 Å². The van der Waals surface area contributed by atoms with Crippen LogP contribution in [0.15, 0.2) is 112 Å². The van der Waals surface area contributed by atoms with Crippen LogP contribution in [0, 0.1) is 40.5 Å². The number of hydrogen-bond donors (Lipinski definition) is 2. The number of benzene rings is 4. The van der Waals surface area contributed by atoms with Gasteiger partial charge < -0.3 is 15.5 Å². The van der Waals surface area contributed by atoms with Gasteiger partial charge in [-0.2, -0.15) is 8.61 Å². The maximum atomic E-state index is 13.5. The van der Waals surface area contributed by atoms with Gasteiger partial charge >= 0.3 is 0 Å². The molecule has 4 heterocycles. The van der Waals surface area contributed by atoms with Gasteiger partial charge in [0.05, 0.1) is 19.5 Å². The van der Waals surface area contributed by atoms with Gasteiger partial charge in [-0.25, -0.2) is 16.8 Å². The van der Waals surface area contributed by atoms with Crippen LogP contribution in [0.25, 0.3) is 0 Å². The number of rotatable bonds is 14. The fourth-order valence-corrected chi connectivity index (χ4v) is 15.0. The average Bonchev–Trinajstić information content (AvgIpc) is 4.02. The summed E-state index contributed by atoms with van der Waals surface area (Å²) in [6, 6.07) is 29.3. The Balaban J connectivity index is 0.000000214. The van der Waals surface area contributed by atoms with Crippen LogP contribution < -0.4 is 10.6 Å². The number of piperidine rings is 1. The van der Waals surface area contributed by atoms with Crippen LogP contribution in [0.3, 0.4) is 0 Å². The largest absolute Gasteiger partial charge is 0.347 e. The summed E-state index contributed by atoms with van der Waals surface area (Å²) in [6.45, 7) is 12.8. The predicted octanol–water partition coefficient (Wildman–Crippen LogP) is 9.95. The van der Waals surface area contributed by atoms with E-state index in [2.05, 4.69) is 31.4 Å². The molecule has 0 saturated carbocycles. The second-order valence-electron chi connectivity index (χ2n) is 18.2. The highest BCUT2D eigenvalue weighted by Gasteiger charge is 2.35. The zero-order chi connectivity index (χ0) is 52.6. The average molecular weight is 1110 g/mol. The maximum absolute atomic E-state index is 13.5. The van der Waals surface area contributed by atoms with E-state index in [0.29, 0.717) is 79.6 Å². The number of amides is 3. The van der Waals surface area contributed by atoms with Crippen molar-refractivity contribution in [2.45, 2.75) is 81.8 Å². The fraction of sp³-hybridized carbons (Fsp3) is 0.333. The minimum atomic E-state index is -3.68. The van der Waals surface area contributed by atoms with E-state index in [9.17, 15) is 36.0 Å².